The van der Waals surface area contributed by atoms with Gasteiger partial charge in [-0.3, -0.25) is 0 Å². The summed E-state index contributed by atoms with van der Waals surface area (Å²) < 4.78 is 227. The topological polar surface area (TPSA) is 15.3 Å². The molecule has 0 amide bonds. The van der Waals surface area contributed by atoms with Gasteiger partial charge in [-0.05, 0) is 98.5 Å². The number of aromatic nitrogens is 2. The monoisotopic (exact) mass is 790 g/mol. The summed E-state index contributed by atoms with van der Waals surface area (Å²) in [7, 11) is 0. The van der Waals surface area contributed by atoms with E-state index in [1.54, 1.807) is 62.4 Å². The van der Waals surface area contributed by atoms with E-state index in [1.807, 2.05) is 0 Å². The molecular weight excluding hydrogens is 729 g/mol. The molecule has 0 radical (unpaired) electrons. The first-order valence-corrected chi connectivity index (χ1v) is 18.8. The van der Waals surface area contributed by atoms with E-state index in [2.05, 4.69) is 0 Å². The normalized spacial score (nSPS) is 17.8. The Hall–Kier alpha value is -7.82. The standard InChI is InChI=1S/C56H38N4/c1-35-21-25-39(26-22-35)57(37-13-5-3-6-14-37)49-31-29-41-45-33-52-46(34-51(45)59-47-19-11-9-17-43(47)53(49)55(41)59)42-30-32-50(54-44-18-10-12-20-48(44)60(52)56(42)54)58(38-15-7-4-8-16-38)40-27-23-36(2)24-28-40/h3-34H,1-2H3/i3D,4D,5D,6D,7D,8D,9D,10D,11D,12D,13D,14D,15D,16D,17D,18D,19D,20D,29D,30D,31D,32D,33D,34D. The van der Waals surface area contributed by atoms with Gasteiger partial charge in [-0.1, -0.05) is 120 Å². The van der Waals surface area contributed by atoms with E-state index in [0.717, 1.165) is 20.9 Å². The molecule has 4 nitrogen and oxygen atoms in total. The van der Waals surface area contributed by atoms with Gasteiger partial charge in [-0.25, -0.2) is 0 Å². The first kappa shape index (κ1) is 17.6. The molecule has 282 valence electrons. The molecule has 60 heavy (non-hydrogen) atoms. The van der Waals surface area contributed by atoms with Crippen LogP contribution in [0.2, 0.25) is 0 Å². The van der Waals surface area contributed by atoms with E-state index in [1.165, 1.54) is 8.80 Å². The molecule has 4 heterocycles. The minimum Gasteiger partial charge on any atom is -0.310 e. The molecule has 4 heteroatoms. The van der Waals surface area contributed by atoms with Gasteiger partial charge < -0.3 is 18.6 Å². The summed E-state index contributed by atoms with van der Waals surface area (Å²) in [5, 5.41) is -2.04. The van der Waals surface area contributed by atoms with Crippen molar-refractivity contribution in [1.82, 2.24) is 8.80 Å². The third kappa shape index (κ3) is 4.50. The fraction of sp³-hybridized carbons (Fsp3) is 0.0357. The summed E-state index contributed by atoms with van der Waals surface area (Å²) in [5.41, 5.74) is -1.59. The van der Waals surface area contributed by atoms with Gasteiger partial charge in [0.2, 0.25) is 0 Å². The summed E-state index contributed by atoms with van der Waals surface area (Å²) in [6, 6.07) is -4.28. The highest BCUT2D eigenvalue weighted by Crippen LogP contribution is 2.51. The lowest BCUT2D eigenvalue weighted by molar-refractivity contribution is 1.29. The summed E-state index contributed by atoms with van der Waals surface area (Å²) in [6.45, 7) is 3.55. The number of anilines is 6. The molecule has 0 spiro atoms. The number of aryl methyl sites for hydroxylation is 2. The number of hydrogen-bond donors (Lipinski definition) is 0. The van der Waals surface area contributed by atoms with Crippen molar-refractivity contribution in [3.63, 3.8) is 0 Å². The minimum absolute atomic E-state index is 0.103. The minimum atomic E-state index is -0.757. The van der Waals surface area contributed by atoms with E-state index < -0.39 is 156 Å². The van der Waals surface area contributed by atoms with Gasteiger partial charge in [0.15, 0.2) is 0 Å². The molecule has 0 unspecified atom stereocenters. The Kier molecular flexibility index (Phi) is 3.62. The van der Waals surface area contributed by atoms with Crippen molar-refractivity contribution in [3.05, 3.63) is 205 Å². The van der Waals surface area contributed by atoms with Crippen LogP contribution < -0.4 is 9.80 Å². The highest BCUT2D eigenvalue weighted by atomic mass is 15.2. The van der Waals surface area contributed by atoms with Crippen molar-refractivity contribution >= 4 is 110 Å². The lowest BCUT2D eigenvalue weighted by Crippen LogP contribution is -2.10. The fourth-order valence-corrected chi connectivity index (χ4v) is 8.57. The number of benzene rings is 9. The van der Waals surface area contributed by atoms with Crippen LogP contribution in [-0.2, 0) is 0 Å². The third-order valence-corrected chi connectivity index (χ3v) is 11.1. The smallest absolute Gasteiger partial charge is 0.0653 e. The molecular formula is C56H38N4. The fourth-order valence-electron chi connectivity index (χ4n) is 8.57. The molecule has 0 atom stereocenters. The number of fused-ring (bicyclic) bond motifs is 12. The maximum Gasteiger partial charge on any atom is 0.0653 e. The Labute approximate surface area is 380 Å². The second-order valence-corrected chi connectivity index (χ2v) is 14.5. The molecule has 0 saturated carbocycles. The average Bonchev–Trinajstić information content (AvgIpc) is 1.70. The quantitative estimate of drug-likeness (QED) is 0.167. The van der Waals surface area contributed by atoms with Crippen LogP contribution in [0.3, 0.4) is 0 Å². The lowest BCUT2D eigenvalue weighted by atomic mass is 10.0. The summed E-state index contributed by atoms with van der Waals surface area (Å²) in [6.07, 6.45) is 0. The summed E-state index contributed by atoms with van der Waals surface area (Å²) in [4.78, 5) is 2.32. The Bertz CT molecular complexity index is 4830. The summed E-state index contributed by atoms with van der Waals surface area (Å²) in [5.74, 6) is 0. The van der Waals surface area contributed by atoms with Crippen LogP contribution in [0, 0.1) is 13.8 Å². The van der Waals surface area contributed by atoms with Crippen LogP contribution in [0.15, 0.2) is 194 Å². The van der Waals surface area contributed by atoms with Gasteiger partial charge in [0.05, 0.1) is 77.4 Å². The molecule has 0 bridgehead atoms. The van der Waals surface area contributed by atoms with E-state index in [-0.39, 0.29) is 98.9 Å². The number of para-hydroxylation sites is 4. The third-order valence-electron chi connectivity index (χ3n) is 11.1. The number of nitrogens with zero attached hydrogens (tertiary/aromatic N) is 4. The molecule has 0 aliphatic heterocycles. The van der Waals surface area contributed by atoms with Gasteiger partial charge in [-0.15, -0.1) is 0 Å². The molecule has 13 rings (SSSR count). The van der Waals surface area contributed by atoms with E-state index >= 15 is 0 Å². The van der Waals surface area contributed by atoms with Crippen LogP contribution >= 0.6 is 0 Å². The first-order valence-electron chi connectivity index (χ1n) is 30.8. The number of rotatable bonds is 6. The van der Waals surface area contributed by atoms with E-state index in [4.69, 9.17) is 13.7 Å². The predicted octanol–water partition coefficient (Wildman–Crippen LogP) is 15.5. The zero-order valence-corrected chi connectivity index (χ0v) is 31.4. The highest BCUT2D eigenvalue weighted by molar-refractivity contribution is 6.32. The highest BCUT2D eigenvalue weighted by Gasteiger charge is 2.27. The Balaban J connectivity index is 1.30. The average molecular weight is 791 g/mol. The zero-order chi connectivity index (χ0) is 60.5. The predicted molar refractivity (Wildman–Crippen MR) is 255 cm³/mol. The molecule has 0 N–H and O–H groups in total. The van der Waals surface area contributed by atoms with Crippen LogP contribution in [0.5, 0.6) is 0 Å². The molecule has 4 aromatic heterocycles. The molecule has 0 aliphatic carbocycles. The zero-order valence-electron chi connectivity index (χ0n) is 55.4. The van der Waals surface area contributed by atoms with Crippen molar-refractivity contribution in [1.29, 1.82) is 0 Å². The van der Waals surface area contributed by atoms with E-state index in [9.17, 15) is 19.2 Å². The first-order chi connectivity index (χ1) is 39.6. The molecule has 0 fully saturated rings. The van der Waals surface area contributed by atoms with Gasteiger partial charge in [-0.2, -0.15) is 0 Å². The second-order valence-electron chi connectivity index (χ2n) is 14.5. The lowest BCUT2D eigenvalue weighted by Gasteiger charge is -2.26. The van der Waals surface area contributed by atoms with Gasteiger partial charge in [0.1, 0.15) is 0 Å². The maximum atomic E-state index is 10.5. The Morgan fingerprint density at radius 1 is 0.350 bits per heavy atom. The molecule has 13 aromatic rings. The largest absolute Gasteiger partial charge is 0.310 e. The number of hydrogen-bond acceptors (Lipinski definition) is 2. The Morgan fingerprint density at radius 3 is 1.15 bits per heavy atom. The van der Waals surface area contributed by atoms with Crippen LogP contribution in [-0.4, -0.2) is 8.80 Å². The van der Waals surface area contributed by atoms with Gasteiger partial charge in [0, 0.05) is 65.8 Å². The summed E-state index contributed by atoms with van der Waals surface area (Å²) >= 11 is 0. The Morgan fingerprint density at radius 2 is 0.733 bits per heavy atom. The van der Waals surface area contributed by atoms with Crippen molar-refractivity contribution < 1.29 is 32.9 Å². The van der Waals surface area contributed by atoms with Crippen LogP contribution in [0.25, 0.3) is 76.2 Å². The van der Waals surface area contributed by atoms with Crippen molar-refractivity contribution in [2.24, 2.45) is 0 Å². The van der Waals surface area contributed by atoms with E-state index in [0.29, 0.717) is 0 Å². The van der Waals surface area contributed by atoms with Crippen LogP contribution in [0.1, 0.15) is 44.0 Å². The van der Waals surface area contributed by atoms with Crippen molar-refractivity contribution in [2.75, 3.05) is 9.80 Å². The SMILES string of the molecule is [2H]c1c([2H])c([2H])c(N(c2ccc(C)cc2)c2c([2H])c([2H])c3c4c([2H])c5c(c([2H])c4n4c6c([2H])c([2H])c([2H])c([2H])c6c2c34)c2c([2H])c([2H])c(N(c3ccc(C)cc3)c3c([2H])c([2H])c([2H])c([2H])c3[2H])c3c4c([2H])c([2H])c([2H])c([2H])c4n5c23)c([2H])c1[2H]. The van der Waals surface area contributed by atoms with Gasteiger partial charge >= 0.3 is 0 Å². The molecule has 9 aromatic carbocycles. The maximum absolute atomic E-state index is 10.5. The van der Waals surface area contributed by atoms with Crippen molar-refractivity contribution in [3.8, 4) is 0 Å². The van der Waals surface area contributed by atoms with Crippen LogP contribution in [0.4, 0.5) is 34.1 Å². The second kappa shape index (κ2) is 12.3. The molecule has 0 saturated heterocycles. The van der Waals surface area contributed by atoms with Gasteiger partial charge in [0.25, 0.3) is 0 Å². The van der Waals surface area contributed by atoms with Crippen molar-refractivity contribution in [2.45, 2.75) is 13.8 Å². The molecule has 0 aliphatic rings.